The number of nitrogens with two attached hydrogens (primary N) is 1. The normalized spacial score (nSPS) is 12.5. The molecule has 2 aromatic heterocycles. The van der Waals surface area contributed by atoms with Gasteiger partial charge in [-0.1, -0.05) is 0 Å². The quantitative estimate of drug-likeness (QED) is 0.239. The molecule has 4 N–H and O–H groups in total. The zero-order valence-electron chi connectivity index (χ0n) is 16.5. The third-order valence-electron chi connectivity index (χ3n) is 3.30. The number of nitrogens with one attached hydrogen (secondary N) is 1. The van der Waals surface area contributed by atoms with E-state index in [0.29, 0.717) is 23.5 Å². The largest absolute Gasteiger partial charge is 1.00 e. The van der Waals surface area contributed by atoms with Crippen molar-refractivity contribution < 1.29 is 83.3 Å². The second-order valence-corrected chi connectivity index (χ2v) is 7.47. The Morgan fingerprint density at radius 1 is 1.39 bits per heavy atom. The molecule has 1 unspecified atom stereocenters. The van der Waals surface area contributed by atoms with Crippen molar-refractivity contribution >= 4 is 30.5 Å². The van der Waals surface area contributed by atoms with Crippen LogP contribution in [0.25, 0.3) is 11.2 Å². The Hall–Kier alpha value is 0.180. The molecule has 0 bridgehead atoms. The summed E-state index contributed by atoms with van der Waals surface area (Å²) in [6.45, 7) is 1.13. The number of fused-ring (bicyclic) bond motifs is 1. The van der Waals surface area contributed by atoms with Crippen molar-refractivity contribution in [1.82, 2.24) is 24.4 Å². The summed E-state index contributed by atoms with van der Waals surface area (Å²) in [5.74, 6) is 0.536. The van der Waals surface area contributed by atoms with Crippen LogP contribution < -0.4 is 80.0 Å². The average Bonchev–Trinajstić information content (AvgIpc) is 2.88. The first kappa shape index (κ1) is 28.2. The molecule has 2 rings (SSSR count). The van der Waals surface area contributed by atoms with Gasteiger partial charge in [0.1, 0.15) is 0 Å². The minimum absolute atomic E-state index is 0. The number of hydrogen-bond acceptors (Lipinski definition) is 11. The van der Waals surface area contributed by atoms with Gasteiger partial charge in [0.2, 0.25) is 5.95 Å². The molecule has 12 nitrogen and oxygen atoms in total. The summed E-state index contributed by atoms with van der Waals surface area (Å²) < 4.78 is 16.8. The van der Waals surface area contributed by atoms with E-state index < -0.39 is 20.0 Å². The van der Waals surface area contributed by atoms with Crippen LogP contribution in [0.3, 0.4) is 0 Å². The van der Waals surface area contributed by atoms with Gasteiger partial charge in [0.15, 0.2) is 17.0 Å². The first-order chi connectivity index (χ1) is 12.2. The molecule has 1 atom stereocenters. The third kappa shape index (κ3) is 9.33. The van der Waals surface area contributed by atoms with Crippen molar-refractivity contribution in [2.24, 2.45) is 0 Å². The molecule has 2 aromatic rings. The van der Waals surface area contributed by atoms with E-state index >= 15 is 0 Å². The molecule has 0 fully saturated rings. The van der Waals surface area contributed by atoms with Crippen molar-refractivity contribution in [1.29, 1.82) is 0 Å². The molecule has 0 saturated carbocycles. The second-order valence-electron chi connectivity index (χ2n) is 5.99. The van der Waals surface area contributed by atoms with Crippen LogP contribution in [0.5, 0.6) is 0 Å². The summed E-state index contributed by atoms with van der Waals surface area (Å²) in [7, 11) is -0.870. The van der Waals surface area contributed by atoms with E-state index in [9.17, 15) is 19.5 Å². The van der Waals surface area contributed by atoms with Crippen LogP contribution in [0.2, 0.25) is 0 Å². The molecule has 0 aliphatic carbocycles. The number of aliphatic hydroxyl groups is 1. The monoisotopic (exact) mass is 433 g/mol. The predicted molar refractivity (Wildman–Crippen MR) is 91.2 cm³/mol. The van der Waals surface area contributed by atoms with Gasteiger partial charge in [0.25, 0.3) is 0 Å². The maximum atomic E-state index is 10.5. The van der Waals surface area contributed by atoms with Gasteiger partial charge >= 0.3 is 59.1 Å². The molecule has 146 valence electrons. The van der Waals surface area contributed by atoms with Crippen LogP contribution in [0.4, 0.5) is 11.8 Å². The first-order valence-electron chi connectivity index (χ1n) is 7.79. The number of rotatable bonds is 10. The predicted octanol–water partition coefficient (Wildman–Crippen LogP) is -8.36. The standard InChI is InChI=1S/C13H24N7O5P.2Na/c1-19(2)4-3-15-11-10-12(18-13(14)17-11)20(7-16-10)5-9(21)6-25-8-26(22,23)24;;/h7,9,21H,3-6,8H2,1-2H3,(H2,22,23,24)(H3,14,15,17,18);;/q;2*+1/p-2. The van der Waals surface area contributed by atoms with Crippen LogP contribution >= 0.6 is 7.60 Å². The minimum Gasteiger partial charge on any atom is -0.809 e. The molecule has 0 spiro atoms. The number of anilines is 2. The Kier molecular flexibility index (Phi) is 12.9. The van der Waals surface area contributed by atoms with E-state index in [1.54, 1.807) is 4.57 Å². The van der Waals surface area contributed by atoms with Crippen LogP contribution in [-0.2, 0) is 15.8 Å². The number of nitrogen functional groups attached to an aromatic ring is 1. The van der Waals surface area contributed by atoms with Crippen LogP contribution in [0.1, 0.15) is 0 Å². The zero-order chi connectivity index (χ0) is 19.3. The second kappa shape index (κ2) is 12.8. The third-order valence-corrected chi connectivity index (χ3v) is 3.80. The topological polar surface area (TPSA) is 178 Å². The maximum absolute atomic E-state index is 10.5. The molecular weight excluding hydrogens is 411 g/mol. The summed E-state index contributed by atoms with van der Waals surface area (Å²) in [6, 6.07) is 0. The Morgan fingerprint density at radius 3 is 2.68 bits per heavy atom. The fourth-order valence-corrected chi connectivity index (χ4v) is 2.53. The molecule has 0 radical (unpaired) electrons. The van der Waals surface area contributed by atoms with E-state index in [1.165, 1.54) is 6.33 Å². The van der Waals surface area contributed by atoms with Crippen molar-refractivity contribution in [3.63, 3.8) is 0 Å². The molecule has 2 heterocycles. The van der Waals surface area contributed by atoms with E-state index in [-0.39, 0.29) is 78.2 Å². The van der Waals surface area contributed by atoms with Gasteiger partial charge in [0, 0.05) is 13.1 Å². The summed E-state index contributed by atoms with van der Waals surface area (Å²) in [5.41, 5.74) is 6.66. The van der Waals surface area contributed by atoms with Gasteiger partial charge in [-0.25, -0.2) is 4.98 Å². The Morgan fingerprint density at radius 2 is 2.07 bits per heavy atom. The zero-order valence-corrected chi connectivity index (χ0v) is 21.4. The van der Waals surface area contributed by atoms with E-state index in [4.69, 9.17) is 10.5 Å². The molecule has 0 aliphatic heterocycles. The minimum atomic E-state index is -4.76. The smallest absolute Gasteiger partial charge is 0.809 e. The number of ether oxygens (including phenoxy) is 1. The van der Waals surface area contributed by atoms with Crippen molar-refractivity contribution in [3.8, 4) is 0 Å². The molecule has 0 aliphatic rings. The average molecular weight is 433 g/mol. The molecule has 0 amide bonds. The number of aliphatic hydroxyl groups excluding tert-OH is 1. The Balaban J connectivity index is 0.00000364. The Labute approximate surface area is 207 Å². The summed E-state index contributed by atoms with van der Waals surface area (Å²) in [5, 5.41) is 13.1. The molecular formula is C13H22N7Na2O5P. The molecule has 0 aromatic carbocycles. The van der Waals surface area contributed by atoms with E-state index in [0.717, 1.165) is 6.54 Å². The number of likely N-dealkylation sites (N-methyl/N-ethyl adjacent to an activating group) is 1. The van der Waals surface area contributed by atoms with E-state index in [1.807, 2.05) is 19.0 Å². The maximum Gasteiger partial charge on any atom is 1.00 e. The number of imidazole rings is 1. The fraction of sp³-hybridized carbons (Fsp3) is 0.615. The molecule has 15 heteroatoms. The molecule has 28 heavy (non-hydrogen) atoms. The Bertz CT molecular complexity index is 788. The number of hydrogen-bond donors (Lipinski definition) is 3. The van der Waals surface area contributed by atoms with Crippen molar-refractivity contribution in [3.05, 3.63) is 6.33 Å². The van der Waals surface area contributed by atoms with E-state index in [2.05, 4.69) is 20.3 Å². The summed E-state index contributed by atoms with van der Waals surface area (Å²) in [6.07, 6.45) is -0.560. The fourth-order valence-electron chi connectivity index (χ4n) is 2.20. The van der Waals surface area contributed by atoms with Gasteiger partial charge in [-0.2, -0.15) is 9.97 Å². The summed E-state index contributed by atoms with van der Waals surface area (Å²) in [4.78, 5) is 35.6. The van der Waals surface area contributed by atoms with Crippen molar-refractivity contribution in [2.45, 2.75) is 12.6 Å². The van der Waals surface area contributed by atoms with Gasteiger partial charge in [0.05, 0.1) is 31.9 Å². The first-order valence-corrected chi connectivity index (χ1v) is 9.52. The van der Waals surface area contributed by atoms with Gasteiger partial charge in [-0.3, -0.25) is 0 Å². The number of nitrogens with zero attached hydrogens (tertiary/aromatic N) is 5. The van der Waals surface area contributed by atoms with Crippen LogP contribution in [0.15, 0.2) is 6.33 Å². The van der Waals surface area contributed by atoms with Crippen molar-refractivity contribution in [2.75, 3.05) is 51.2 Å². The summed E-state index contributed by atoms with van der Waals surface area (Å²) >= 11 is 0. The van der Waals surface area contributed by atoms with Crippen LogP contribution in [-0.4, -0.2) is 75.8 Å². The van der Waals surface area contributed by atoms with Gasteiger partial charge in [-0.05, 0) is 21.7 Å². The SMILES string of the molecule is CN(C)CCNc1nc(N)nc2c1ncn2CC(O)COCP(=O)([O-])[O-].[Na+].[Na+]. The van der Waals surface area contributed by atoms with Gasteiger partial charge < -0.3 is 44.7 Å². The van der Waals surface area contributed by atoms with Gasteiger partial charge in [-0.15, -0.1) is 0 Å². The molecule has 0 saturated heterocycles. The van der Waals surface area contributed by atoms with Crippen LogP contribution in [0, 0.1) is 0 Å². The number of aromatic nitrogens is 4.